The van der Waals surface area contributed by atoms with Crippen LogP contribution in [-0.4, -0.2) is 7.05 Å². The second-order valence-corrected chi connectivity index (χ2v) is 5.94. The molecule has 0 aromatic heterocycles. The van der Waals surface area contributed by atoms with Gasteiger partial charge in [0.1, 0.15) is 12.4 Å². The maximum absolute atomic E-state index is 6.16. The van der Waals surface area contributed by atoms with Crippen LogP contribution in [0.25, 0.3) is 0 Å². The number of ether oxygens (including phenoxy) is 1. The molecule has 4 heteroatoms. The lowest BCUT2D eigenvalue weighted by Gasteiger charge is -2.11. The van der Waals surface area contributed by atoms with Gasteiger partial charge in [-0.2, -0.15) is 0 Å². The molecule has 0 aliphatic carbocycles. The molecule has 0 heterocycles. The number of halogens is 2. The second-order valence-electron chi connectivity index (χ2n) is 4.68. The van der Waals surface area contributed by atoms with Crippen molar-refractivity contribution < 1.29 is 4.74 Å². The highest BCUT2D eigenvalue weighted by atomic mass is 79.9. The van der Waals surface area contributed by atoms with E-state index in [1.807, 2.05) is 32.2 Å². The van der Waals surface area contributed by atoms with Crippen molar-refractivity contribution in [3.8, 4) is 5.75 Å². The molecule has 20 heavy (non-hydrogen) atoms. The first-order valence-electron chi connectivity index (χ1n) is 6.41. The number of hydrogen-bond acceptors (Lipinski definition) is 2. The second kappa shape index (κ2) is 7.11. The summed E-state index contributed by atoms with van der Waals surface area (Å²) in [5.74, 6) is 0.712. The van der Waals surface area contributed by atoms with E-state index in [0.717, 1.165) is 22.1 Å². The van der Waals surface area contributed by atoms with Gasteiger partial charge in [0.05, 0.1) is 5.02 Å². The average Bonchev–Trinajstić information content (AvgIpc) is 2.40. The summed E-state index contributed by atoms with van der Waals surface area (Å²) in [7, 11) is 1.93. The van der Waals surface area contributed by atoms with Crippen LogP contribution in [0, 0.1) is 6.92 Å². The summed E-state index contributed by atoms with van der Waals surface area (Å²) in [5, 5.41) is 3.78. The molecule has 0 radical (unpaired) electrons. The van der Waals surface area contributed by atoms with Gasteiger partial charge in [-0.1, -0.05) is 45.7 Å². The predicted octanol–water partition coefficient (Wildman–Crippen LogP) is 4.71. The van der Waals surface area contributed by atoms with Gasteiger partial charge in [-0.05, 0) is 43.3 Å². The Morgan fingerprint density at radius 1 is 1.20 bits per heavy atom. The van der Waals surface area contributed by atoms with Gasteiger partial charge >= 0.3 is 0 Å². The predicted molar refractivity (Wildman–Crippen MR) is 87.4 cm³/mol. The van der Waals surface area contributed by atoms with Gasteiger partial charge < -0.3 is 10.1 Å². The average molecular weight is 355 g/mol. The minimum Gasteiger partial charge on any atom is -0.487 e. The van der Waals surface area contributed by atoms with E-state index in [1.54, 1.807) is 0 Å². The summed E-state index contributed by atoms with van der Waals surface area (Å²) in [6.07, 6.45) is 0. The van der Waals surface area contributed by atoms with Crippen molar-refractivity contribution in [3.05, 3.63) is 62.6 Å². The highest BCUT2D eigenvalue weighted by Gasteiger charge is 2.05. The summed E-state index contributed by atoms with van der Waals surface area (Å²) >= 11 is 9.74. The van der Waals surface area contributed by atoms with Crippen LogP contribution in [0.1, 0.15) is 16.7 Å². The minimum atomic E-state index is 0.489. The fourth-order valence-corrected chi connectivity index (χ4v) is 2.73. The third-order valence-electron chi connectivity index (χ3n) is 2.97. The van der Waals surface area contributed by atoms with E-state index < -0.39 is 0 Å². The van der Waals surface area contributed by atoms with Crippen LogP contribution in [0.3, 0.4) is 0 Å². The number of rotatable bonds is 5. The van der Waals surface area contributed by atoms with Gasteiger partial charge in [-0.15, -0.1) is 0 Å². The highest BCUT2D eigenvalue weighted by Crippen LogP contribution is 2.27. The molecule has 106 valence electrons. The molecule has 0 saturated heterocycles. The van der Waals surface area contributed by atoms with Crippen molar-refractivity contribution in [2.45, 2.75) is 20.1 Å². The number of hydrogen-bond donors (Lipinski definition) is 1. The van der Waals surface area contributed by atoms with Gasteiger partial charge in [-0.25, -0.2) is 0 Å². The van der Waals surface area contributed by atoms with Crippen LogP contribution in [0.5, 0.6) is 5.75 Å². The fourth-order valence-electron chi connectivity index (χ4n) is 1.90. The normalized spacial score (nSPS) is 10.6. The van der Waals surface area contributed by atoms with Gasteiger partial charge in [0.25, 0.3) is 0 Å². The summed E-state index contributed by atoms with van der Waals surface area (Å²) in [6, 6.07) is 12.1. The first-order valence-corrected chi connectivity index (χ1v) is 7.58. The van der Waals surface area contributed by atoms with E-state index >= 15 is 0 Å². The molecule has 0 aliphatic heterocycles. The quantitative estimate of drug-likeness (QED) is 0.839. The largest absolute Gasteiger partial charge is 0.487 e. The van der Waals surface area contributed by atoms with E-state index in [0.29, 0.717) is 17.4 Å². The van der Waals surface area contributed by atoms with E-state index in [1.165, 1.54) is 5.56 Å². The molecular weight excluding hydrogens is 338 g/mol. The molecular formula is C16H17BrClNO. The molecule has 0 saturated carbocycles. The molecule has 2 aromatic carbocycles. The van der Waals surface area contributed by atoms with Crippen molar-refractivity contribution in [2.24, 2.45) is 0 Å². The van der Waals surface area contributed by atoms with E-state index in [2.05, 4.69) is 39.4 Å². The van der Waals surface area contributed by atoms with Crippen LogP contribution in [0.2, 0.25) is 5.02 Å². The standard InChI is InChI=1S/C16H17BrClNO/c1-11-3-6-16(15(18)7-11)20-10-13-5-4-12(9-19-2)8-14(13)17/h3-8,19H,9-10H2,1-2H3. The number of nitrogens with one attached hydrogen (secondary N) is 1. The van der Waals surface area contributed by atoms with Gasteiger partial charge in [-0.3, -0.25) is 0 Å². The van der Waals surface area contributed by atoms with Crippen molar-refractivity contribution >= 4 is 27.5 Å². The molecule has 1 N–H and O–H groups in total. The smallest absolute Gasteiger partial charge is 0.138 e. The molecule has 0 aliphatic rings. The molecule has 0 fully saturated rings. The topological polar surface area (TPSA) is 21.3 Å². The highest BCUT2D eigenvalue weighted by molar-refractivity contribution is 9.10. The lowest BCUT2D eigenvalue weighted by Crippen LogP contribution is -2.05. The summed E-state index contributed by atoms with van der Waals surface area (Å²) in [4.78, 5) is 0. The summed E-state index contributed by atoms with van der Waals surface area (Å²) < 4.78 is 6.83. The van der Waals surface area contributed by atoms with Crippen LogP contribution in [-0.2, 0) is 13.2 Å². The van der Waals surface area contributed by atoms with Crippen LogP contribution >= 0.6 is 27.5 Å². The molecule has 2 rings (SSSR count). The number of benzene rings is 2. The van der Waals surface area contributed by atoms with Gasteiger partial charge in [0.2, 0.25) is 0 Å². The number of aryl methyl sites for hydroxylation is 1. The Bertz CT molecular complexity index is 601. The Balaban J connectivity index is 2.07. The Labute approximate surface area is 133 Å². The molecule has 2 nitrogen and oxygen atoms in total. The molecule has 0 amide bonds. The zero-order valence-corrected chi connectivity index (χ0v) is 13.9. The van der Waals surface area contributed by atoms with Gasteiger partial charge in [0, 0.05) is 16.6 Å². The third kappa shape index (κ3) is 3.98. The molecule has 0 atom stereocenters. The van der Waals surface area contributed by atoms with Crippen molar-refractivity contribution in [2.75, 3.05) is 7.05 Å². The lowest BCUT2D eigenvalue weighted by molar-refractivity contribution is 0.305. The molecule has 0 bridgehead atoms. The maximum atomic E-state index is 6.16. The zero-order valence-electron chi connectivity index (χ0n) is 11.5. The first kappa shape index (κ1) is 15.4. The van der Waals surface area contributed by atoms with Crippen molar-refractivity contribution in [1.82, 2.24) is 5.32 Å². The Kier molecular flexibility index (Phi) is 5.46. The minimum absolute atomic E-state index is 0.489. The maximum Gasteiger partial charge on any atom is 0.138 e. The van der Waals surface area contributed by atoms with Crippen LogP contribution < -0.4 is 10.1 Å². The Morgan fingerprint density at radius 2 is 2.00 bits per heavy atom. The first-order chi connectivity index (χ1) is 9.60. The Morgan fingerprint density at radius 3 is 2.65 bits per heavy atom. The van der Waals surface area contributed by atoms with Crippen LogP contribution in [0.4, 0.5) is 0 Å². The van der Waals surface area contributed by atoms with E-state index in [9.17, 15) is 0 Å². The summed E-state index contributed by atoms with van der Waals surface area (Å²) in [5.41, 5.74) is 3.46. The monoisotopic (exact) mass is 353 g/mol. The molecule has 0 unspecified atom stereocenters. The van der Waals surface area contributed by atoms with E-state index in [-0.39, 0.29) is 0 Å². The van der Waals surface area contributed by atoms with Crippen molar-refractivity contribution in [3.63, 3.8) is 0 Å². The van der Waals surface area contributed by atoms with Gasteiger partial charge in [0.15, 0.2) is 0 Å². The van der Waals surface area contributed by atoms with E-state index in [4.69, 9.17) is 16.3 Å². The van der Waals surface area contributed by atoms with Crippen LogP contribution in [0.15, 0.2) is 40.9 Å². The third-order valence-corrected chi connectivity index (χ3v) is 4.00. The zero-order chi connectivity index (χ0) is 14.5. The lowest BCUT2D eigenvalue weighted by atomic mass is 10.1. The van der Waals surface area contributed by atoms with Crippen molar-refractivity contribution in [1.29, 1.82) is 0 Å². The summed E-state index contributed by atoms with van der Waals surface area (Å²) in [6.45, 7) is 3.35. The Hall–Kier alpha value is -1.03. The molecule has 2 aromatic rings. The SMILES string of the molecule is CNCc1ccc(COc2ccc(C)cc2Cl)c(Br)c1. The fraction of sp³-hybridized carbons (Fsp3) is 0.250. The molecule has 0 spiro atoms.